The van der Waals surface area contributed by atoms with Crippen molar-refractivity contribution in [3.05, 3.63) is 108 Å². The van der Waals surface area contributed by atoms with E-state index >= 15 is 0 Å². The third-order valence-electron chi connectivity index (χ3n) is 4.94. The number of carboxylic acid groups (broad SMARTS) is 1. The van der Waals surface area contributed by atoms with E-state index in [1.54, 1.807) is 0 Å². The molecule has 1 atom stereocenters. The van der Waals surface area contributed by atoms with Crippen LogP contribution in [0.1, 0.15) is 22.7 Å². The van der Waals surface area contributed by atoms with Crippen LogP contribution in [0.4, 0.5) is 0 Å². The van der Waals surface area contributed by atoms with Crippen LogP contribution in [0, 0.1) is 0 Å². The highest BCUT2D eigenvalue weighted by molar-refractivity contribution is 5.84. The SMILES string of the molecule is O=C(O)[C@@H](NCc1cn(Cc2ccccc2)c2ccccc12)c1ccccc1. The van der Waals surface area contributed by atoms with Gasteiger partial charge in [-0.05, 0) is 22.8 Å². The lowest BCUT2D eigenvalue weighted by Gasteiger charge is -2.14. The molecule has 0 fully saturated rings. The number of carboxylic acids is 1. The van der Waals surface area contributed by atoms with E-state index in [0.717, 1.165) is 28.6 Å². The van der Waals surface area contributed by atoms with E-state index in [9.17, 15) is 9.90 Å². The number of rotatable bonds is 7. The molecule has 0 unspecified atom stereocenters. The maximum Gasteiger partial charge on any atom is 0.325 e. The van der Waals surface area contributed by atoms with Gasteiger partial charge in [0.2, 0.25) is 0 Å². The summed E-state index contributed by atoms with van der Waals surface area (Å²) < 4.78 is 2.22. The van der Waals surface area contributed by atoms with Crippen LogP contribution in [-0.4, -0.2) is 15.6 Å². The summed E-state index contributed by atoms with van der Waals surface area (Å²) >= 11 is 0. The van der Waals surface area contributed by atoms with E-state index in [4.69, 9.17) is 0 Å². The summed E-state index contributed by atoms with van der Waals surface area (Å²) in [5.41, 5.74) is 4.22. The first-order chi connectivity index (χ1) is 13.7. The standard InChI is InChI=1S/C24H22N2O2/c27-24(28)23(19-11-5-2-6-12-19)25-15-20-17-26(16-18-9-3-1-4-10-18)22-14-8-7-13-21(20)22/h1-14,17,23,25H,15-16H2,(H,27,28)/t23-/m0/s1. The number of nitrogens with zero attached hydrogens (tertiary/aromatic N) is 1. The van der Waals surface area contributed by atoms with E-state index in [1.165, 1.54) is 5.56 Å². The first-order valence-electron chi connectivity index (χ1n) is 9.34. The molecule has 140 valence electrons. The van der Waals surface area contributed by atoms with Gasteiger partial charge in [0.05, 0.1) is 0 Å². The molecule has 1 heterocycles. The normalized spacial score (nSPS) is 12.1. The second-order valence-corrected chi connectivity index (χ2v) is 6.85. The van der Waals surface area contributed by atoms with Gasteiger partial charge < -0.3 is 9.67 Å². The molecule has 0 saturated carbocycles. The van der Waals surface area contributed by atoms with Crippen molar-refractivity contribution in [1.82, 2.24) is 9.88 Å². The third-order valence-corrected chi connectivity index (χ3v) is 4.94. The van der Waals surface area contributed by atoms with Crippen LogP contribution < -0.4 is 5.32 Å². The second-order valence-electron chi connectivity index (χ2n) is 6.85. The fourth-order valence-corrected chi connectivity index (χ4v) is 3.58. The van der Waals surface area contributed by atoms with Crippen molar-refractivity contribution < 1.29 is 9.90 Å². The summed E-state index contributed by atoms with van der Waals surface area (Å²) in [5.74, 6) is -0.876. The molecule has 4 nitrogen and oxygen atoms in total. The van der Waals surface area contributed by atoms with Crippen LogP contribution >= 0.6 is 0 Å². The van der Waals surface area contributed by atoms with Crippen LogP contribution in [-0.2, 0) is 17.9 Å². The van der Waals surface area contributed by atoms with Crippen molar-refractivity contribution >= 4 is 16.9 Å². The molecule has 28 heavy (non-hydrogen) atoms. The number of para-hydroxylation sites is 1. The van der Waals surface area contributed by atoms with Gasteiger partial charge in [0.15, 0.2) is 0 Å². The van der Waals surface area contributed by atoms with Crippen LogP contribution in [0.25, 0.3) is 10.9 Å². The lowest BCUT2D eigenvalue weighted by Crippen LogP contribution is -2.28. The number of nitrogens with one attached hydrogen (secondary N) is 1. The number of carbonyl (C=O) groups is 1. The van der Waals surface area contributed by atoms with Crippen LogP contribution in [0.15, 0.2) is 91.1 Å². The quantitative estimate of drug-likeness (QED) is 0.500. The van der Waals surface area contributed by atoms with Gasteiger partial charge in [-0.2, -0.15) is 0 Å². The first kappa shape index (κ1) is 18.0. The smallest absolute Gasteiger partial charge is 0.325 e. The highest BCUT2D eigenvalue weighted by Gasteiger charge is 2.19. The molecular weight excluding hydrogens is 348 g/mol. The third kappa shape index (κ3) is 3.82. The molecule has 0 spiro atoms. The lowest BCUT2D eigenvalue weighted by molar-refractivity contribution is -0.139. The van der Waals surface area contributed by atoms with Crippen molar-refractivity contribution in [3.63, 3.8) is 0 Å². The number of fused-ring (bicyclic) bond motifs is 1. The molecule has 4 heteroatoms. The average molecular weight is 370 g/mol. The summed E-state index contributed by atoms with van der Waals surface area (Å²) in [6, 6.07) is 27.1. The molecule has 1 aromatic heterocycles. The second kappa shape index (κ2) is 8.11. The minimum Gasteiger partial charge on any atom is -0.480 e. The van der Waals surface area contributed by atoms with Crippen molar-refractivity contribution in [2.75, 3.05) is 0 Å². The van der Waals surface area contributed by atoms with Gasteiger partial charge in [-0.25, -0.2) is 0 Å². The molecule has 3 aromatic carbocycles. The zero-order valence-corrected chi connectivity index (χ0v) is 15.5. The summed E-state index contributed by atoms with van der Waals surface area (Å²) in [6.07, 6.45) is 2.12. The van der Waals surface area contributed by atoms with E-state index in [-0.39, 0.29) is 0 Å². The largest absolute Gasteiger partial charge is 0.480 e. The Hall–Kier alpha value is -3.37. The fraction of sp³-hybridized carbons (Fsp3) is 0.125. The van der Waals surface area contributed by atoms with E-state index in [1.807, 2.05) is 60.7 Å². The van der Waals surface area contributed by atoms with Crippen LogP contribution in [0.5, 0.6) is 0 Å². The first-order valence-corrected chi connectivity index (χ1v) is 9.34. The van der Waals surface area contributed by atoms with Crippen molar-refractivity contribution in [2.45, 2.75) is 19.1 Å². The van der Waals surface area contributed by atoms with Gasteiger partial charge in [-0.3, -0.25) is 10.1 Å². The van der Waals surface area contributed by atoms with Gasteiger partial charge >= 0.3 is 5.97 Å². The van der Waals surface area contributed by atoms with Crippen molar-refractivity contribution in [2.24, 2.45) is 0 Å². The topological polar surface area (TPSA) is 54.3 Å². The Morgan fingerprint density at radius 1 is 0.893 bits per heavy atom. The van der Waals surface area contributed by atoms with Crippen molar-refractivity contribution in [3.8, 4) is 0 Å². The van der Waals surface area contributed by atoms with E-state index < -0.39 is 12.0 Å². The van der Waals surface area contributed by atoms with E-state index in [0.29, 0.717) is 6.54 Å². The minimum atomic E-state index is -0.876. The summed E-state index contributed by atoms with van der Waals surface area (Å²) in [4.78, 5) is 11.8. The predicted octanol–water partition coefficient (Wildman–Crippen LogP) is 4.61. The highest BCUT2D eigenvalue weighted by atomic mass is 16.4. The molecule has 0 aliphatic rings. The Balaban J connectivity index is 1.61. The predicted molar refractivity (Wildman–Crippen MR) is 111 cm³/mol. The van der Waals surface area contributed by atoms with Crippen molar-refractivity contribution in [1.29, 1.82) is 0 Å². The Morgan fingerprint density at radius 3 is 2.25 bits per heavy atom. The summed E-state index contributed by atoms with van der Waals surface area (Å²) in [5, 5.41) is 14.0. The van der Waals surface area contributed by atoms with Gasteiger partial charge in [-0.1, -0.05) is 78.9 Å². The summed E-state index contributed by atoms with van der Waals surface area (Å²) in [7, 11) is 0. The molecule has 4 rings (SSSR count). The molecular formula is C24H22N2O2. The molecule has 0 bridgehead atoms. The summed E-state index contributed by atoms with van der Waals surface area (Å²) in [6.45, 7) is 1.26. The Morgan fingerprint density at radius 2 is 1.54 bits per heavy atom. The molecule has 0 saturated heterocycles. The Kier molecular flexibility index (Phi) is 5.22. The Labute approximate surface area is 164 Å². The number of hydrogen-bond donors (Lipinski definition) is 2. The zero-order valence-electron chi connectivity index (χ0n) is 15.5. The fourth-order valence-electron chi connectivity index (χ4n) is 3.58. The van der Waals surface area contributed by atoms with Crippen LogP contribution in [0.2, 0.25) is 0 Å². The molecule has 4 aromatic rings. The Bertz CT molecular complexity index is 1070. The monoisotopic (exact) mass is 370 g/mol. The molecule has 0 amide bonds. The van der Waals surface area contributed by atoms with Gasteiger partial charge in [0.1, 0.15) is 6.04 Å². The van der Waals surface area contributed by atoms with Gasteiger partial charge in [0.25, 0.3) is 0 Å². The number of hydrogen-bond acceptors (Lipinski definition) is 2. The lowest BCUT2D eigenvalue weighted by atomic mass is 10.1. The molecule has 0 radical (unpaired) electrons. The van der Waals surface area contributed by atoms with Crippen LogP contribution in [0.3, 0.4) is 0 Å². The molecule has 0 aliphatic carbocycles. The number of aromatic nitrogens is 1. The highest BCUT2D eigenvalue weighted by Crippen LogP contribution is 2.23. The zero-order chi connectivity index (χ0) is 19.3. The maximum atomic E-state index is 11.8. The number of benzene rings is 3. The van der Waals surface area contributed by atoms with E-state index in [2.05, 4.69) is 40.3 Å². The number of aliphatic carboxylic acids is 1. The minimum absolute atomic E-state index is 0.480. The molecule has 2 N–H and O–H groups in total. The molecule has 0 aliphatic heterocycles. The maximum absolute atomic E-state index is 11.8. The average Bonchev–Trinajstić information content (AvgIpc) is 3.07. The van der Waals surface area contributed by atoms with Gasteiger partial charge in [0, 0.05) is 30.2 Å². The van der Waals surface area contributed by atoms with Gasteiger partial charge in [-0.15, -0.1) is 0 Å².